The second-order valence-electron chi connectivity index (χ2n) is 4.56. The highest BCUT2D eigenvalue weighted by molar-refractivity contribution is 5.56. The Balaban J connectivity index is 2.28. The minimum absolute atomic E-state index is 0.0965. The summed E-state index contributed by atoms with van der Waals surface area (Å²) in [7, 11) is 0. The highest BCUT2D eigenvalue weighted by Gasteiger charge is 2.13. The van der Waals surface area contributed by atoms with Crippen molar-refractivity contribution in [2.75, 3.05) is 5.32 Å². The maximum absolute atomic E-state index is 13.7. The molecule has 1 N–H and O–H groups in total. The van der Waals surface area contributed by atoms with Gasteiger partial charge in [-0.3, -0.25) is 0 Å². The van der Waals surface area contributed by atoms with Crippen molar-refractivity contribution >= 4 is 5.69 Å². The minimum atomic E-state index is -0.385. The molecule has 1 aromatic heterocycles. The monoisotopic (exact) mass is 258 g/mol. The van der Waals surface area contributed by atoms with Gasteiger partial charge in [0, 0.05) is 11.3 Å². The Labute approximate surface area is 111 Å². The van der Waals surface area contributed by atoms with Crippen LogP contribution < -0.4 is 5.32 Å². The topological polar surface area (TPSA) is 49.0 Å². The SMILES string of the molecule is Cc1ccc(C(C)Nc2cc(C#N)cc(F)c2C)o1. The first-order valence-electron chi connectivity index (χ1n) is 6.04. The number of nitrogens with one attached hydrogen (secondary N) is 1. The molecule has 1 aromatic carbocycles. The van der Waals surface area contributed by atoms with Gasteiger partial charge in [0.1, 0.15) is 17.3 Å². The van der Waals surface area contributed by atoms with Crippen molar-refractivity contribution in [3.63, 3.8) is 0 Å². The van der Waals surface area contributed by atoms with Crippen LogP contribution in [0.1, 0.15) is 35.6 Å². The molecule has 4 heteroatoms. The fourth-order valence-electron chi connectivity index (χ4n) is 1.88. The average Bonchev–Trinajstić information content (AvgIpc) is 2.81. The minimum Gasteiger partial charge on any atom is -0.464 e. The predicted octanol–water partition coefficient (Wildman–Crippen LogP) is 4.08. The molecule has 0 saturated carbocycles. The van der Waals surface area contributed by atoms with E-state index in [4.69, 9.17) is 9.68 Å². The van der Waals surface area contributed by atoms with Gasteiger partial charge in [0.2, 0.25) is 0 Å². The van der Waals surface area contributed by atoms with Gasteiger partial charge in [0.05, 0.1) is 17.7 Å². The lowest BCUT2D eigenvalue weighted by Crippen LogP contribution is -2.08. The van der Waals surface area contributed by atoms with E-state index in [1.54, 1.807) is 13.0 Å². The molecule has 98 valence electrons. The number of aryl methyl sites for hydroxylation is 1. The van der Waals surface area contributed by atoms with E-state index in [0.29, 0.717) is 16.8 Å². The maximum Gasteiger partial charge on any atom is 0.129 e. The third-order valence-corrected chi connectivity index (χ3v) is 3.03. The predicted molar refractivity (Wildman–Crippen MR) is 71.3 cm³/mol. The van der Waals surface area contributed by atoms with Crippen LogP contribution in [0.2, 0.25) is 0 Å². The molecule has 0 aliphatic carbocycles. The lowest BCUT2D eigenvalue weighted by Gasteiger charge is -2.15. The van der Waals surface area contributed by atoms with Gasteiger partial charge in [-0.15, -0.1) is 0 Å². The molecule has 0 bridgehead atoms. The summed E-state index contributed by atoms with van der Waals surface area (Å²) in [6.07, 6.45) is 0. The highest BCUT2D eigenvalue weighted by atomic mass is 19.1. The van der Waals surface area contributed by atoms with Gasteiger partial charge in [0.25, 0.3) is 0 Å². The number of anilines is 1. The second kappa shape index (κ2) is 5.15. The number of nitrogens with zero attached hydrogens (tertiary/aromatic N) is 1. The Morgan fingerprint density at radius 1 is 1.32 bits per heavy atom. The fraction of sp³-hybridized carbons (Fsp3) is 0.267. The molecular weight excluding hydrogens is 243 g/mol. The van der Waals surface area contributed by atoms with Crippen LogP contribution in [0, 0.1) is 31.0 Å². The normalized spacial score (nSPS) is 11.9. The van der Waals surface area contributed by atoms with Gasteiger partial charge in [-0.05, 0) is 45.0 Å². The van der Waals surface area contributed by atoms with Crippen molar-refractivity contribution in [1.29, 1.82) is 5.26 Å². The second-order valence-corrected chi connectivity index (χ2v) is 4.56. The summed E-state index contributed by atoms with van der Waals surface area (Å²) < 4.78 is 19.2. The summed E-state index contributed by atoms with van der Waals surface area (Å²) in [5.74, 6) is 1.22. The number of hydrogen-bond acceptors (Lipinski definition) is 3. The Bertz CT molecular complexity index is 640. The van der Waals surface area contributed by atoms with Crippen LogP contribution >= 0.6 is 0 Å². The van der Waals surface area contributed by atoms with Gasteiger partial charge < -0.3 is 9.73 Å². The number of nitriles is 1. The largest absolute Gasteiger partial charge is 0.464 e. The summed E-state index contributed by atoms with van der Waals surface area (Å²) in [5.41, 5.74) is 1.40. The zero-order valence-corrected chi connectivity index (χ0v) is 11.1. The molecule has 0 spiro atoms. The van der Waals surface area contributed by atoms with Crippen LogP contribution in [0.4, 0.5) is 10.1 Å². The molecule has 0 saturated heterocycles. The van der Waals surface area contributed by atoms with Crippen LogP contribution in [0.25, 0.3) is 0 Å². The Morgan fingerprint density at radius 2 is 2.05 bits per heavy atom. The first kappa shape index (κ1) is 13.2. The first-order valence-corrected chi connectivity index (χ1v) is 6.04. The molecule has 0 aliphatic rings. The van der Waals surface area contributed by atoms with Crippen molar-refractivity contribution in [2.24, 2.45) is 0 Å². The van der Waals surface area contributed by atoms with E-state index >= 15 is 0 Å². The van der Waals surface area contributed by atoms with Gasteiger partial charge in [0.15, 0.2) is 0 Å². The van der Waals surface area contributed by atoms with Crippen LogP contribution in [-0.4, -0.2) is 0 Å². The number of furan rings is 1. The van der Waals surface area contributed by atoms with Crippen LogP contribution in [0.5, 0.6) is 0 Å². The van der Waals surface area contributed by atoms with Crippen LogP contribution in [-0.2, 0) is 0 Å². The Kier molecular flexibility index (Phi) is 3.57. The van der Waals surface area contributed by atoms with Crippen molar-refractivity contribution < 1.29 is 8.81 Å². The highest BCUT2D eigenvalue weighted by Crippen LogP contribution is 2.26. The van der Waals surface area contributed by atoms with Gasteiger partial charge >= 0.3 is 0 Å². The number of rotatable bonds is 3. The third kappa shape index (κ3) is 2.76. The van der Waals surface area contributed by atoms with E-state index in [9.17, 15) is 4.39 Å². The van der Waals surface area contributed by atoms with E-state index in [1.807, 2.05) is 32.0 Å². The van der Waals surface area contributed by atoms with Gasteiger partial charge in [-0.1, -0.05) is 0 Å². The first-order chi connectivity index (χ1) is 9.01. The van der Waals surface area contributed by atoms with E-state index in [1.165, 1.54) is 6.07 Å². The summed E-state index contributed by atoms with van der Waals surface area (Å²) in [6, 6.07) is 8.50. The molecule has 0 fully saturated rings. The molecule has 0 radical (unpaired) electrons. The molecule has 1 heterocycles. The number of hydrogen-bond donors (Lipinski definition) is 1. The quantitative estimate of drug-likeness (QED) is 0.902. The van der Waals surface area contributed by atoms with E-state index in [0.717, 1.165) is 11.5 Å². The smallest absolute Gasteiger partial charge is 0.129 e. The van der Waals surface area contributed by atoms with Gasteiger partial charge in [-0.2, -0.15) is 5.26 Å². The number of benzene rings is 1. The molecular formula is C15H15FN2O. The van der Waals surface area contributed by atoms with Crippen molar-refractivity contribution in [1.82, 2.24) is 0 Å². The molecule has 19 heavy (non-hydrogen) atoms. The Hall–Kier alpha value is -2.28. The summed E-state index contributed by atoms with van der Waals surface area (Å²) in [6.45, 7) is 5.48. The van der Waals surface area contributed by atoms with Crippen molar-refractivity contribution in [3.05, 3.63) is 52.7 Å². The number of halogens is 1. The lowest BCUT2D eigenvalue weighted by atomic mass is 10.1. The molecule has 3 nitrogen and oxygen atoms in total. The van der Waals surface area contributed by atoms with Crippen molar-refractivity contribution in [3.8, 4) is 6.07 Å². The molecule has 2 aromatic rings. The average molecular weight is 258 g/mol. The molecule has 1 atom stereocenters. The van der Waals surface area contributed by atoms with Crippen LogP contribution in [0.3, 0.4) is 0 Å². The van der Waals surface area contributed by atoms with E-state index in [2.05, 4.69) is 5.32 Å². The maximum atomic E-state index is 13.7. The van der Waals surface area contributed by atoms with Gasteiger partial charge in [-0.25, -0.2) is 4.39 Å². The van der Waals surface area contributed by atoms with Crippen LogP contribution in [0.15, 0.2) is 28.7 Å². The van der Waals surface area contributed by atoms with E-state index in [-0.39, 0.29) is 11.9 Å². The standard InChI is InChI=1S/C15H15FN2O/c1-9-4-5-15(19-9)11(3)18-14-7-12(8-17)6-13(16)10(14)2/h4-7,11,18H,1-3H3. The molecule has 0 aliphatic heterocycles. The summed E-state index contributed by atoms with van der Waals surface area (Å²) >= 11 is 0. The molecule has 0 amide bonds. The zero-order chi connectivity index (χ0) is 14.0. The third-order valence-electron chi connectivity index (χ3n) is 3.03. The van der Waals surface area contributed by atoms with E-state index < -0.39 is 0 Å². The summed E-state index contributed by atoms with van der Waals surface area (Å²) in [5, 5.41) is 12.0. The Morgan fingerprint density at radius 3 is 2.63 bits per heavy atom. The molecule has 2 rings (SSSR count). The zero-order valence-electron chi connectivity index (χ0n) is 11.1. The molecule has 1 unspecified atom stereocenters. The summed E-state index contributed by atoms with van der Waals surface area (Å²) in [4.78, 5) is 0. The fourth-order valence-corrected chi connectivity index (χ4v) is 1.88. The lowest BCUT2D eigenvalue weighted by molar-refractivity contribution is 0.466. The van der Waals surface area contributed by atoms with Crippen molar-refractivity contribution in [2.45, 2.75) is 26.8 Å².